The molecule has 7 heteroatoms. The van der Waals surface area contributed by atoms with E-state index >= 15 is 0 Å². The van der Waals surface area contributed by atoms with Crippen LogP contribution in [0.2, 0.25) is 36.3 Å². The van der Waals surface area contributed by atoms with Gasteiger partial charge in [-0.2, -0.15) is 0 Å². The molecule has 5 nitrogen and oxygen atoms in total. The predicted molar refractivity (Wildman–Crippen MR) is 187 cm³/mol. The molecule has 1 aromatic carbocycles. The van der Waals surface area contributed by atoms with Crippen molar-refractivity contribution in [2.75, 3.05) is 7.11 Å². The number of ether oxygens (including phenoxy) is 2. The van der Waals surface area contributed by atoms with E-state index in [0.29, 0.717) is 6.42 Å². The van der Waals surface area contributed by atoms with E-state index in [4.69, 9.17) is 18.3 Å². The highest BCUT2D eigenvalue weighted by Crippen LogP contribution is 2.54. The maximum Gasteiger partial charge on any atom is 0.305 e. The molecule has 0 saturated heterocycles. The van der Waals surface area contributed by atoms with E-state index in [9.17, 15) is 4.79 Å². The van der Waals surface area contributed by atoms with Gasteiger partial charge in [0.05, 0.1) is 19.3 Å². The van der Waals surface area contributed by atoms with E-state index in [0.717, 1.165) is 31.4 Å². The van der Waals surface area contributed by atoms with E-state index in [1.807, 2.05) is 6.92 Å². The number of rotatable bonds is 12. The summed E-state index contributed by atoms with van der Waals surface area (Å²) in [4.78, 5) is 11.7. The van der Waals surface area contributed by atoms with Crippen molar-refractivity contribution in [2.24, 2.45) is 11.8 Å². The van der Waals surface area contributed by atoms with Crippen LogP contribution in [-0.4, -0.2) is 48.0 Å². The Morgan fingerprint density at radius 3 is 2.34 bits per heavy atom. The number of methoxy groups -OCH3 is 1. The van der Waals surface area contributed by atoms with Crippen molar-refractivity contribution < 1.29 is 23.1 Å². The third-order valence-corrected chi connectivity index (χ3v) is 19.7. The van der Waals surface area contributed by atoms with Crippen LogP contribution >= 0.6 is 0 Å². The Balaban J connectivity index is 2.01. The SMILES string of the molecule is CC#CC[C@H](C)[C@@H](/C=C/[C@@H]1[C@H]2c3cccc(CCCC(=O)OC)c3O[C@H]2C[C@H]1O[Si](C)(C)C(C)(C)C)O[Si](C)(C)C(C)(C)C. The fraction of sp³-hybridized carbons (Fsp3) is 0.703. The van der Waals surface area contributed by atoms with Gasteiger partial charge < -0.3 is 18.3 Å². The monoisotopic (exact) mass is 640 g/mol. The van der Waals surface area contributed by atoms with Crippen molar-refractivity contribution in [1.82, 2.24) is 0 Å². The highest BCUT2D eigenvalue weighted by Gasteiger charge is 2.52. The van der Waals surface area contributed by atoms with Crippen LogP contribution < -0.4 is 4.74 Å². The summed E-state index contributed by atoms with van der Waals surface area (Å²) in [5, 5.41) is 0.232. The van der Waals surface area contributed by atoms with Gasteiger partial charge >= 0.3 is 5.97 Å². The second-order valence-corrected chi connectivity index (χ2v) is 25.5. The molecule has 0 bridgehead atoms. The molecule has 246 valence electrons. The molecular formula is C37H60O5Si2. The van der Waals surface area contributed by atoms with Gasteiger partial charge in [-0.1, -0.05) is 78.8 Å². The zero-order valence-electron chi connectivity index (χ0n) is 29.9. The lowest BCUT2D eigenvalue weighted by Crippen LogP contribution is -2.45. The molecule has 6 atom stereocenters. The molecule has 3 rings (SSSR count). The first-order valence-electron chi connectivity index (χ1n) is 16.6. The summed E-state index contributed by atoms with van der Waals surface area (Å²) in [6.07, 6.45) is 8.51. The normalized spacial score (nSPS) is 23.4. The molecule has 0 aromatic heterocycles. The van der Waals surface area contributed by atoms with Gasteiger partial charge in [-0.3, -0.25) is 4.79 Å². The molecule has 0 amide bonds. The molecule has 0 spiro atoms. The van der Waals surface area contributed by atoms with Gasteiger partial charge in [0.15, 0.2) is 16.6 Å². The minimum absolute atomic E-state index is 0.0178. The lowest BCUT2D eigenvalue weighted by molar-refractivity contribution is -0.140. The van der Waals surface area contributed by atoms with Crippen molar-refractivity contribution in [1.29, 1.82) is 0 Å². The lowest BCUT2D eigenvalue weighted by atomic mass is 9.86. The molecule has 1 aliphatic heterocycles. The fourth-order valence-corrected chi connectivity index (χ4v) is 8.54. The van der Waals surface area contributed by atoms with Gasteiger partial charge in [0.25, 0.3) is 0 Å². The van der Waals surface area contributed by atoms with Crippen LogP contribution in [0.3, 0.4) is 0 Å². The van der Waals surface area contributed by atoms with Gasteiger partial charge in [0.2, 0.25) is 0 Å². The summed E-state index contributed by atoms with van der Waals surface area (Å²) in [6, 6.07) is 6.53. The van der Waals surface area contributed by atoms with Gasteiger partial charge in [0.1, 0.15) is 11.9 Å². The van der Waals surface area contributed by atoms with E-state index in [1.165, 1.54) is 18.2 Å². The van der Waals surface area contributed by atoms with Gasteiger partial charge in [-0.05, 0) is 67.5 Å². The summed E-state index contributed by atoms with van der Waals surface area (Å²) in [5.74, 6) is 7.91. The highest BCUT2D eigenvalue weighted by molar-refractivity contribution is 6.74. The number of para-hydroxylation sites is 1. The number of fused-ring (bicyclic) bond motifs is 3. The van der Waals surface area contributed by atoms with E-state index < -0.39 is 16.6 Å². The van der Waals surface area contributed by atoms with E-state index in [1.54, 1.807) is 0 Å². The number of aryl methyl sites for hydroxylation is 1. The Labute approximate surface area is 271 Å². The molecule has 44 heavy (non-hydrogen) atoms. The number of esters is 1. The molecule has 0 N–H and O–H groups in total. The second-order valence-electron chi connectivity index (χ2n) is 16.0. The topological polar surface area (TPSA) is 54.0 Å². The van der Waals surface area contributed by atoms with Crippen LogP contribution in [0.4, 0.5) is 0 Å². The zero-order valence-corrected chi connectivity index (χ0v) is 31.9. The quantitative estimate of drug-likeness (QED) is 0.0986. The first kappa shape index (κ1) is 36.6. The summed E-state index contributed by atoms with van der Waals surface area (Å²) < 4.78 is 25.9. The summed E-state index contributed by atoms with van der Waals surface area (Å²) in [5.41, 5.74) is 2.45. The maximum atomic E-state index is 11.7. The second kappa shape index (κ2) is 14.3. The van der Waals surface area contributed by atoms with Crippen LogP contribution in [0.25, 0.3) is 0 Å². The molecule has 1 aliphatic carbocycles. The third-order valence-electron chi connectivity index (χ3n) is 10.7. The van der Waals surface area contributed by atoms with Crippen molar-refractivity contribution in [2.45, 2.75) is 148 Å². The minimum atomic E-state index is -2.03. The summed E-state index contributed by atoms with van der Waals surface area (Å²) in [6.45, 7) is 27.4. The average molecular weight is 641 g/mol. The van der Waals surface area contributed by atoms with Crippen LogP contribution in [0.5, 0.6) is 5.75 Å². The number of benzene rings is 1. The number of carbonyl (C=O) groups is 1. The first-order chi connectivity index (χ1) is 20.3. The van der Waals surface area contributed by atoms with Crippen molar-refractivity contribution in [3.63, 3.8) is 0 Å². The minimum Gasteiger partial charge on any atom is -0.489 e. The predicted octanol–water partition coefficient (Wildman–Crippen LogP) is 9.43. The Kier molecular flexibility index (Phi) is 11.9. The zero-order chi connectivity index (χ0) is 33.1. The first-order valence-corrected chi connectivity index (χ1v) is 22.4. The summed E-state index contributed by atoms with van der Waals surface area (Å²) >= 11 is 0. The molecule has 2 aliphatic rings. The molecule has 1 aromatic rings. The van der Waals surface area contributed by atoms with Gasteiger partial charge in [0, 0.05) is 36.7 Å². The van der Waals surface area contributed by atoms with E-state index in [2.05, 4.69) is 117 Å². The van der Waals surface area contributed by atoms with Crippen molar-refractivity contribution in [3.8, 4) is 17.6 Å². The third kappa shape index (κ3) is 8.48. The summed E-state index contributed by atoms with van der Waals surface area (Å²) in [7, 11) is -2.61. The molecule has 0 unspecified atom stereocenters. The molecule has 1 heterocycles. The molecule has 0 radical (unpaired) electrons. The van der Waals surface area contributed by atoms with Gasteiger partial charge in [-0.25, -0.2) is 0 Å². The van der Waals surface area contributed by atoms with E-state index in [-0.39, 0.29) is 52.1 Å². The van der Waals surface area contributed by atoms with Crippen molar-refractivity contribution in [3.05, 3.63) is 41.5 Å². The number of hydrogen-bond donors (Lipinski definition) is 0. The van der Waals surface area contributed by atoms with Crippen LogP contribution in [0.15, 0.2) is 30.4 Å². The maximum absolute atomic E-state index is 11.7. The highest BCUT2D eigenvalue weighted by atomic mass is 28.4. The van der Waals surface area contributed by atoms with Crippen LogP contribution in [-0.2, 0) is 24.8 Å². The molecule has 1 saturated carbocycles. The Morgan fingerprint density at radius 2 is 1.75 bits per heavy atom. The van der Waals surface area contributed by atoms with Gasteiger partial charge in [-0.15, -0.1) is 11.8 Å². The standard InChI is InChI=1S/C37H60O5Si2/c1-14-15-18-26(2)30(41-43(10,11)36(3,4)5)24-23-28-31(42-44(12,13)37(6,7)8)25-32-34(28)29-21-16-19-27(35(29)40-32)20-17-22-33(38)39-9/h16,19,21,23-24,26,28,30-32,34H,17-18,20,22,25H2,1-13H3/b24-23+/t26-,28-,30+,31+,32-,34-/m0/s1. The number of carbonyl (C=O) groups excluding carboxylic acids is 1. The fourth-order valence-electron chi connectivity index (χ4n) is 5.83. The Morgan fingerprint density at radius 1 is 1.09 bits per heavy atom. The average Bonchev–Trinajstić information content (AvgIpc) is 3.43. The number of hydrogen-bond acceptors (Lipinski definition) is 5. The molecular weight excluding hydrogens is 581 g/mol. The van der Waals surface area contributed by atoms with Crippen molar-refractivity contribution >= 4 is 22.6 Å². The molecule has 1 fully saturated rings. The Bertz CT molecular complexity index is 1230. The smallest absolute Gasteiger partial charge is 0.305 e. The van der Waals surface area contributed by atoms with Crippen LogP contribution in [0, 0.1) is 23.7 Å². The van der Waals surface area contributed by atoms with Crippen LogP contribution in [0.1, 0.15) is 98.1 Å². The largest absolute Gasteiger partial charge is 0.489 e. The lowest BCUT2D eigenvalue weighted by Gasteiger charge is -2.41. The Hall–Kier alpha value is -1.86.